The van der Waals surface area contributed by atoms with E-state index < -0.39 is 35.1 Å². The first-order valence-corrected chi connectivity index (χ1v) is 10.2. The first kappa shape index (κ1) is 22.6. The molecule has 2 amide bonds. The van der Waals surface area contributed by atoms with E-state index in [4.69, 9.17) is 16.0 Å². The summed E-state index contributed by atoms with van der Waals surface area (Å²) in [7, 11) is 0. The van der Waals surface area contributed by atoms with Crippen molar-refractivity contribution in [2.45, 2.75) is 37.0 Å². The van der Waals surface area contributed by atoms with Gasteiger partial charge in [0, 0.05) is 10.6 Å². The van der Waals surface area contributed by atoms with Crippen LogP contribution in [-0.4, -0.2) is 28.4 Å². The lowest BCUT2D eigenvalue weighted by Crippen LogP contribution is -2.51. The van der Waals surface area contributed by atoms with Crippen LogP contribution in [0.2, 0.25) is 5.02 Å². The molecule has 0 saturated heterocycles. The summed E-state index contributed by atoms with van der Waals surface area (Å²) in [6.45, 7) is 0. The maximum absolute atomic E-state index is 13.0. The van der Waals surface area contributed by atoms with Crippen molar-refractivity contribution in [2.75, 3.05) is 0 Å². The standard InChI is InChI=1S/C22H16ClF3N4O3/c23-14-3-1-2-12(8-14)19(31)29-16(20(32)30-21(11-27)6-7-21)10-18-28-15-9-13(22(24,25)26)4-5-17(15)33-18/h1-5,8-9,16H,6-7,10H2,(H,29,31)(H,30,32)/t16-/m0/s1. The van der Waals surface area contributed by atoms with Crippen LogP contribution in [0.3, 0.4) is 0 Å². The van der Waals surface area contributed by atoms with E-state index in [0.717, 1.165) is 18.2 Å². The molecule has 1 aliphatic rings. The normalized spacial score (nSPS) is 15.5. The van der Waals surface area contributed by atoms with Crippen molar-refractivity contribution in [1.29, 1.82) is 5.26 Å². The van der Waals surface area contributed by atoms with Gasteiger partial charge in [-0.05, 0) is 49.2 Å². The van der Waals surface area contributed by atoms with Crippen LogP contribution in [-0.2, 0) is 17.4 Å². The highest BCUT2D eigenvalue weighted by atomic mass is 35.5. The summed E-state index contributed by atoms with van der Waals surface area (Å²) in [6, 6.07) is 9.76. The number of rotatable bonds is 6. The molecule has 33 heavy (non-hydrogen) atoms. The van der Waals surface area contributed by atoms with Gasteiger partial charge in [0.2, 0.25) is 5.91 Å². The number of halogens is 4. The number of aromatic nitrogens is 1. The van der Waals surface area contributed by atoms with Gasteiger partial charge in [-0.25, -0.2) is 4.98 Å². The van der Waals surface area contributed by atoms with Crippen LogP contribution in [0, 0.1) is 11.3 Å². The van der Waals surface area contributed by atoms with Crippen molar-refractivity contribution in [3.8, 4) is 6.07 Å². The van der Waals surface area contributed by atoms with Crippen molar-refractivity contribution >= 4 is 34.5 Å². The van der Waals surface area contributed by atoms with Gasteiger partial charge in [-0.3, -0.25) is 9.59 Å². The number of hydrogen-bond donors (Lipinski definition) is 2. The number of carbonyl (C=O) groups excluding carboxylic acids is 2. The van der Waals surface area contributed by atoms with Crippen LogP contribution in [0.15, 0.2) is 46.9 Å². The molecule has 0 radical (unpaired) electrons. The van der Waals surface area contributed by atoms with Gasteiger partial charge in [-0.2, -0.15) is 18.4 Å². The first-order chi connectivity index (χ1) is 15.6. The lowest BCUT2D eigenvalue weighted by atomic mass is 10.1. The smallest absolute Gasteiger partial charge is 0.416 e. The first-order valence-electron chi connectivity index (χ1n) is 9.85. The van der Waals surface area contributed by atoms with Crippen LogP contribution >= 0.6 is 11.6 Å². The maximum Gasteiger partial charge on any atom is 0.416 e. The van der Waals surface area contributed by atoms with Crippen LogP contribution in [0.1, 0.15) is 34.7 Å². The second-order valence-corrected chi connectivity index (χ2v) is 8.15. The van der Waals surface area contributed by atoms with Crippen molar-refractivity contribution in [3.63, 3.8) is 0 Å². The fraction of sp³-hybridized carbons (Fsp3) is 0.273. The molecule has 0 bridgehead atoms. The zero-order valence-electron chi connectivity index (χ0n) is 16.9. The molecule has 0 spiro atoms. The van der Waals surface area contributed by atoms with Crippen LogP contribution in [0.5, 0.6) is 0 Å². The highest BCUT2D eigenvalue weighted by Gasteiger charge is 2.46. The van der Waals surface area contributed by atoms with Gasteiger partial charge < -0.3 is 15.1 Å². The molecule has 2 aromatic carbocycles. The van der Waals surface area contributed by atoms with Gasteiger partial charge in [-0.1, -0.05) is 17.7 Å². The minimum atomic E-state index is -4.55. The van der Waals surface area contributed by atoms with Crippen LogP contribution in [0.25, 0.3) is 11.1 Å². The Bertz CT molecular complexity index is 1280. The lowest BCUT2D eigenvalue weighted by molar-refractivity contribution is -0.137. The number of benzene rings is 2. The van der Waals surface area contributed by atoms with E-state index in [1.54, 1.807) is 12.1 Å². The Balaban J connectivity index is 1.59. The Kier molecular flexibility index (Phi) is 5.76. The van der Waals surface area contributed by atoms with E-state index in [-0.39, 0.29) is 29.0 Å². The maximum atomic E-state index is 13.0. The Morgan fingerprint density at radius 3 is 2.64 bits per heavy atom. The summed E-state index contributed by atoms with van der Waals surface area (Å²) < 4.78 is 44.4. The van der Waals surface area contributed by atoms with E-state index in [2.05, 4.69) is 15.6 Å². The molecule has 1 atom stereocenters. The van der Waals surface area contributed by atoms with Crippen LogP contribution < -0.4 is 10.6 Å². The molecular formula is C22H16ClF3N4O3. The zero-order valence-corrected chi connectivity index (χ0v) is 17.6. The van der Waals surface area contributed by atoms with Crippen molar-refractivity contribution in [3.05, 3.63) is 64.5 Å². The summed E-state index contributed by atoms with van der Waals surface area (Å²) in [6.07, 6.45) is -3.83. The monoisotopic (exact) mass is 476 g/mol. The van der Waals surface area contributed by atoms with E-state index in [0.29, 0.717) is 17.9 Å². The molecule has 1 aliphatic carbocycles. The molecule has 7 nitrogen and oxygen atoms in total. The van der Waals surface area contributed by atoms with Crippen molar-refractivity contribution in [2.24, 2.45) is 0 Å². The summed E-state index contributed by atoms with van der Waals surface area (Å²) in [5.74, 6) is -1.28. The summed E-state index contributed by atoms with van der Waals surface area (Å²) in [5, 5.41) is 14.8. The number of oxazole rings is 1. The molecule has 11 heteroatoms. The highest BCUT2D eigenvalue weighted by molar-refractivity contribution is 6.31. The Hall–Kier alpha value is -3.58. The predicted molar refractivity (Wildman–Crippen MR) is 111 cm³/mol. The number of carbonyl (C=O) groups is 2. The quantitative estimate of drug-likeness (QED) is 0.559. The molecule has 4 rings (SSSR count). The second-order valence-electron chi connectivity index (χ2n) is 7.71. The van der Waals surface area contributed by atoms with E-state index in [1.807, 2.05) is 6.07 Å². The Morgan fingerprint density at radius 1 is 1.24 bits per heavy atom. The van der Waals surface area contributed by atoms with Gasteiger partial charge in [0.25, 0.3) is 5.91 Å². The molecule has 1 aromatic heterocycles. The van der Waals surface area contributed by atoms with Gasteiger partial charge >= 0.3 is 6.18 Å². The minimum Gasteiger partial charge on any atom is -0.441 e. The largest absolute Gasteiger partial charge is 0.441 e. The number of nitrogens with one attached hydrogen (secondary N) is 2. The van der Waals surface area contributed by atoms with Gasteiger partial charge in [0.15, 0.2) is 11.5 Å². The number of alkyl halides is 3. The third kappa shape index (κ3) is 5.09. The van der Waals surface area contributed by atoms with E-state index in [9.17, 15) is 28.0 Å². The van der Waals surface area contributed by atoms with Gasteiger partial charge in [-0.15, -0.1) is 0 Å². The molecule has 1 fully saturated rings. The second kappa shape index (κ2) is 8.41. The molecular weight excluding hydrogens is 461 g/mol. The molecule has 170 valence electrons. The predicted octanol–water partition coefficient (Wildman–Crippen LogP) is 4.01. The number of amides is 2. The zero-order chi connectivity index (χ0) is 23.8. The molecule has 3 aromatic rings. The molecule has 0 unspecified atom stereocenters. The van der Waals surface area contributed by atoms with Crippen molar-refractivity contribution < 1.29 is 27.2 Å². The third-order valence-electron chi connectivity index (χ3n) is 5.17. The number of hydrogen-bond acceptors (Lipinski definition) is 5. The fourth-order valence-electron chi connectivity index (χ4n) is 3.21. The highest BCUT2D eigenvalue weighted by Crippen LogP contribution is 2.34. The van der Waals surface area contributed by atoms with Crippen LogP contribution in [0.4, 0.5) is 13.2 Å². The topological polar surface area (TPSA) is 108 Å². The summed E-state index contributed by atoms with van der Waals surface area (Å²) in [4.78, 5) is 29.6. The van der Waals surface area contributed by atoms with E-state index in [1.165, 1.54) is 12.1 Å². The Morgan fingerprint density at radius 2 is 2.00 bits per heavy atom. The average molecular weight is 477 g/mol. The average Bonchev–Trinajstić information content (AvgIpc) is 3.41. The van der Waals surface area contributed by atoms with Gasteiger partial charge in [0.1, 0.15) is 17.1 Å². The number of nitrogens with zero attached hydrogens (tertiary/aromatic N) is 2. The summed E-state index contributed by atoms with van der Waals surface area (Å²) in [5.41, 5.74) is -1.60. The molecule has 2 N–H and O–H groups in total. The molecule has 1 saturated carbocycles. The van der Waals surface area contributed by atoms with E-state index >= 15 is 0 Å². The van der Waals surface area contributed by atoms with Crippen molar-refractivity contribution in [1.82, 2.24) is 15.6 Å². The Labute approximate surface area is 190 Å². The third-order valence-corrected chi connectivity index (χ3v) is 5.41. The lowest BCUT2D eigenvalue weighted by Gasteiger charge is -2.19. The minimum absolute atomic E-state index is 0.0316. The molecule has 1 heterocycles. The summed E-state index contributed by atoms with van der Waals surface area (Å²) >= 11 is 5.92. The molecule has 0 aliphatic heterocycles. The fourth-order valence-corrected chi connectivity index (χ4v) is 3.40. The number of fused-ring (bicyclic) bond motifs is 1. The van der Waals surface area contributed by atoms with Gasteiger partial charge in [0.05, 0.1) is 18.1 Å². The SMILES string of the molecule is N#CC1(NC(=O)[C@H](Cc2nc3cc(C(F)(F)F)ccc3o2)NC(=O)c2cccc(Cl)c2)CC1. The number of nitriles is 1.